The molecular formula is C15H22N2O2S. The number of benzene rings is 1. The summed E-state index contributed by atoms with van der Waals surface area (Å²) >= 11 is 1.91. The predicted octanol–water partition coefficient (Wildman–Crippen LogP) is 2.90. The second-order valence-corrected chi connectivity index (χ2v) is 6.01. The zero-order valence-corrected chi connectivity index (χ0v) is 12.9. The highest BCUT2D eigenvalue weighted by atomic mass is 32.2. The molecule has 1 aromatic carbocycles. The van der Waals surface area contributed by atoms with Gasteiger partial charge in [-0.15, -0.1) is 0 Å². The quantitative estimate of drug-likeness (QED) is 0.928. The summed E-state index contributed by atoms with van der Waals surface area (Å²) < 4.78 is 5.16. The van der Waals surface area contributed by atoms with Crippen molar-refractivity contribution in [2.75, 3.05) is 31.7 Å². The van der Waals surface area contributed by atoms with E-state index < -0.39 is 0 Å². The summed E-state index contributed by atoms with van der Waals surface area (Å²) in [6.45, 7) is 3.77. The molecule has 1 atom stereocenters. The second kappa shape index (κ2) is 7.43. The highest BCUT2D eigenvalue weighted by molar-refractivity contribution is 7.99. The van der Waals surface area contributed by atoms with Crippen LogP contribution in [0.1, 0.15) is 24.9 Å². The molecule has 5 heteroatoms. The van der Waals surface area contributed by atoms with Gasteiger partial charge in [0, 0.05) is 24.6 Å². The van der Waals surface area contributed by atoms with Crippen molar-refractivity contribution in [3.05, 3.63) is 29.8 Å². The molecule has 0 aliphatic carbocycles. The topological polar surface area (TPSA) is 41.6 Å². The standard InChI is InChI=1S/C15H22N2O2S/c1-3-14(12-4-6-13(19-2)7-5-12)16-15(18)17-8-10-20-11-9-17/h4-7,14H,3,8-11H2,1-2H3,(H,16,18). The van der Waals surface area contributed by atoms with Gasteiger partial charge >= 0.3 is 6.03 Å². The zero-order chi connectivity index (χ0) is 14.4. The molecule has 1 aliphatic rings. The summed E-state index contributed by atoms with van der Waals surface area (Å²) in [6.07, 6.45) is 0.876. The minimum Gasteiger partial charge on any atom is -0.497 e. The van der Waals surface area contributed by atoms with Crippen LogP contribution in [0.4, 0.5) is 4.79 Å². The Morgan fingerprint density at radius 1 is 1.35 bits per heavy atom. The van der Waals surface area contributed by atoms with Crippen molar-refractivity contribution in [2.24, 2.45) is 0 Å². The van der Waals surface area contributed by atoms with E-state index in [4.69, 9.17) is 4.74 Å². The first-order valence-corrected chi connectivity index (χ1v) is 8.17. The molecule has 1 heterocycles. The highest BCUT2D eigenvalue weighted by Crippen LogP contribution is 2.20. The molecule has 0 spiro atoms. The van der Waals surface area contributed by atoms with Crippen LogP contribution in [-0.2, 0) is 0 Å². The number of nitrogens with one attached hydrogen (secondary N) is 1. The lowest BCUT2D eigenvalue weighted by molar-refractivity contribution is 0.198. The summed E-state index contributed by atoms with van der Waals surface area (Å²) in [7, 11) is 1.66. The van der Waals surface area contributed by atoms with Crippen LogP contribution in [0.5, 0.6) is 5.75 Å². The van der Waals surface area contributed by atoms with Crippen molar-refractivity contribution in [3.63, 3.8) is 0 Å². The van der Waals surface area contributed by atoms with Gasteiger partial charge in [-0.2, -0.15) is 11.8 Å². The normalized spacial score (nSPS) is 16.6. The first-order chi connectivity index (χ1) is 9.74. The van der Waals surface area contributed by atoms with E-state index in [1.807, 2.05) is 40.9 Å². The lowest BCUT2D eigenvalue weighted by Crippen LogP contribution is -2.45. The number of ether oxygens (including phenoxy) is 1. The van der Waals surface area contributed by atoms with Crippen LogP contribution >= 0.6 is 11.8 Å². The lowest BCUT2D eigenvalue weighted by Gasteiger charge is -2.29. The number of urea groups is 1. The molecule has 1 unspecified atom stereocenters. The molecule has 4 nitrogen and oxygen atoms in total. The van der Waals surface area contributed by atoms with E-state index in [1.54, 1.807) is 7.11 Å². The Kier molecular flexibility index (Phi) is 5.59. The van der Waals surface area contributed by atoms with E-state index in [1.165, 1.54) is 0 Å². The second-order valence-electron chi connectivity index (χ2n) is 4.78. The van der Waals surface area contributed by atoms with E-state index in [9.17, 15) is 4.79 Å². The maximum absolute atomic E-state index is 12.2. The SMILES string of the molecule is CCC(NC(=O)N1CCSCC1)c1ccc(OC)cc1. The first-order valence-electron chi connectivity index (χ1n) is 7.01. The molecule has 0 bridgehead atoms. The van der Waals surface area contributed by atoms with E-state index >= 15 is 0 Å². The lowest BCUT2D eigenvalue weighted by atomic mass is 10.0. The van der Waals surface area contributed by atoms with Gasteiger partial charge in [-0.05, 0) is 24.1 Å². The average molecular weight is 294 g/mol. The van der Waals surface area contributed by atoms with E-state index in [2.05, 4.69) is 12.2 Å². The smallest absolute Gasteiger partial charge is 0.317 e. The fourth-order valence-corrected chi connectivity index (χ4v) is 3.17. The molecule has 20 heavy (non-hydrogen) atoms. The number of rotatable bonds is 4. The van der Waals surface area contributed by atoms with Crippen LogP contribution in [0.25, 0.3) is 0 Å². The van der Waals surface area contributed by atoms with Crippen molar-refractivity contribution >= 4 is 17.8 Å². The molecule has 0 saturated carbocycles. The molecule has 1 fully saturated rings. The number of hydrogen-bond donors (Lipinski definition) is 1. The molecule has 110 valence electrons. The number of thioether (sulfide) groups is 1. The van der Waals surface area contributed by atoms with Gasteiger partial charge in [-0.3, -0.25) is 0 Å². The Bertz CT molecular complexity index is 430. The van der Waals surface area contributed by atoms with E-state index in [0.717, 1.165) is 42.3 Å². The van der Waals surface area contributed by atoms with Crippen molar-refractivity contribution < 1.29 is 9.53 Å². The van der Waals surface area contributed by atoms with E-state index in [0.29, 0.717) is 0 Å². The molecular weight excluding hydrogens is 272 g/mol. The van der Waals surface area contributed by atoms with Crippen molar-refractivity contribution in [1.82, 2.24) is 10.2 Å². The van der Waals surface area contributed by atoms with Crippen molar-refractivity contribution in [3.8, 4) is 5.75 Å². The Morgan fingerprint density at radius 3 is 2.55 bits per heavy atom. The molecule has 0 radical (unpaired) electrons. The van der Waals surface area contributed by atoms with Crippen LogP contribution in [-0.4, -0.2) is 42.6 Å². The van der Waals surface area contributed by atoms with Gasteiger partial charge in [-0.25, -0.2) is 4.79 Å². The summed E-state index contributed by atoms with van der Waals surface area (Å²) in [4.78, 5) is 14.2. The molecule has 1 saturated heterocycles. The molecule has 1 aromatic rings. The maximum atomic E-state index is 12.2. The van der Waals surface area contributed by atoms with Gasteiger partial charge in [0.25, 0.3) is 0 Å². The first kappa shape index (κ1) is 15.0. The van der Waals surface area contributed by atoms with Gasteiger partial charge in [0.15, 0.2) is 0 Å². The molecule has 1 aliphatic heterocycles. The van der Waals surface area contributed by atoms with Gasteiger partial charge in [-0.1, -0.05) is 19.1 Å². The van der Waals surface area contributed by atoms with Crippen LogP contribution in [0, 0.1) is 0 Å². The summed E-state index contributed by atoms with van der Waals surface area (Å²) in [5.74, 6) is 2.91. The predicted molar refractivity (Wildman–Crippen MR) is 83.5 cm³/mol. The van der Waals surface area contributed by atoms with Gasteiger partial charge in [0.2, 0.25) is 0 Å². The van der Waals surface area contributed by atoms with Crippen LogP contribution in [0.15, 0.2) is 24.3 Å². The fourth-order valence-electron chi connectivity index (χ4n) is 2.26. The minimum atomic E-state index is 0.0490. The fraction of sp³-hybridized carbons (Fsp3) is 0.533. The highest BCUT2D eigenvalue weighted by Gasteiger charge is 2.20. The molecule has 1 N–H and O–H groups in total. The number of methoxy groups -OCH3 is 1. The van der Waals surface area contributed by atoms with Gasteiger partial charge in [0.05, 0.1) is 13.2 Å². The Morgan fingerprint density at radius 2 is 2.00 bits per heavy atom. The molecule has 2 rings (SSSR count). The number of hydrogen-bond acceptors (Lipinski definition) is 3. The Labute approximate surface area is 124 Å². The van der Waals surface area contributed by atoms with Crippen LogP contribution in [0.2, 0.25) is 0 Å². The van der Waals surface area contributed by atoms with Gasteiger partial charge in [0.1, 0.15) is 5.75 Å². The average Bonchev–Trinajstić information content (AvgIpc) is 2.53. The van der Waals surface area contributed by atoms with Crippen molar-refractivity contribution in [1.29, 1.82) is 0 Å². The number of carbonyl (C=O) groups excluding carboxylic acids is 1. The van der Waals surface area contributed by atoms with Crippen molar-refractivity contribution in [2.45, 2.75) is 19.4 Å². The third kappa shape index (κ3) is 3.82. The number of carbonyl (C=O) groups is 1. The summed E-state index contributed by atoms with van der Waals surface area (Å²) in [5, 5.41) is 3.13. The third-order valence-electron chi connectivity index (χ3n) is 3.52. The van der Waals surface area contributed by atoms with Gasteiger partial charge < -0.3 is 15.0 Å². The summed E-state index contributed by atoms with van der Waals surface area (Å²) in [5.41, 5.74) is 1.12. The number of amides is 2. The largest absolute Gasteiger partial charge is 0.497 e. The summed E-state index contributed by atoms with van der Waals surface area (Å²) in [6, 6.07) is 8.00. The van der Waals surface area contributed by atoms with Crippen LogP contribution in [0.3, 0.4) is 0 Å². The number of nitrogens with zero attached hydrogens (tertiary/aromatic N) is 1. The van der Waals surface area contributed by atoms with E-state index in [-0.39, 0.29) is 12.1 Å². The Hall–Kier alpha value is -1.36. The maximum Gasteiger partial charge on any atom is 0.317 e. The minimum absolute atomic E-state index is 0.0490. The third-order valence-corrected chi connectivity index (χ3v) is 4.46. The zero-order valence-electron chi connectivity index (χ0n) is 12.1. The molecule has 0 aromatic heterocycles. The Balaban J connectivity index is 1.98. The monoisotopic (exact) mass is 294 g/mol. The molecule has 2 amide bonds. The van der Waals surface area contributed by atoms with Crippen LogP contribution < -0.4 is 10.1 Å².